The molecule has 0 aromatic heterocycles. The fraction of sp³-hybridized carbons (Fsp3) is 0.273. The second-order valence-electron chi connectivity index (χ2n) is 6.49. The predicted octanol–water partition coefficient (Wildman–Crippen LogP) is 4.82. The second-order valence-corrected chi connectivity index (χ2v) is 6.92. The third-order valence-corrected chi connectivity index (χ3v) is 4.63. The van der Waals surface area contributed by atoms with Gasteiger partial charge < -0.3 is 14.8 Å². The lowest BCUT2D eigenvalue weighted by Crippen LogP contribution is -2.30. The van der Waals surface area contributed by atoms with Gasteiger partial charge in [-0.05, 0) is 56.2 Å². The number of hydrogen-bond acceptors (Lipinski definition) is 5. The van der Waals surface area contributed by atoms with Crippen molar-refractivity contribution in [2.45, 2.75) is 33.4 Å². The number of ether oxygens (including phenoxy) is 2. The van der Waals surface area contributed by atoms with Crippen LogP contribution in [-0.4, -0.2) is 18.4 Å². The van der Waals surface area contributed by atoms with Crippen molar-refractivity contribution >= 4 is 23.4 Å². The number of benzene rings is 2. The van der Waals surface area contributed by atoms with Crippen LogP contribution in [0.3, 0.4) is 0 Å². The summed E-state index contributed by atoms with van der Waals surface area (Å²) in [4.78, 5) is 17.0. The number of esters is 1. The SMILES string of the molecule is CCOC(=O)C1=C(C)NC(C)=NC1c1ccc(OCc2ccc(Cl)cc2)cc1. The number of aliphatic imine (C=N–C) groups is 1. The smallest absolute Gasteiger partial charge is 0.338 e. The van der Waals surface area contributed by atoms with Gasteiger partial charge in [-0.25, -0.2) is 4.79 Å². The highest BCUT2D eigenvalue weighted by Gasteiger charge is 2.29. The van der Waals surface area contributed by atoms with E-state index >= 15 is 0 Å². The van der Waals surface area contributed by atoms with Gasteiger partial charge in [-0.1, -0.05) is 35.9 Å². The van der Waals surface area contributed by atoms with E-state index in [1.807, 2.05) is 62.4 Å². The number of nitrogens with zero attached hydrogens (tertiary/aromatic N) is 1. The van der Waals surface area contributed by atoms with Gasteiger partial charge in [-0.2, -0.15) is 0 Å². The van der Waals surface area contributed by atoms with E-state index in [0.29, 0.717) is 23.8 Å². The number of nitrogens with one attached hydrogen (secondary N) is 1. The van der Waals surface area contributed by atoms with Crippen molar-refractivity contribution in [3.05, 3.63) is 76.0 Å². The molecule has 0 saturated carbocycles. The van der Waals surface area contributed by atoms with E-state index < -0.39 is 6.04 Å². The molecule has 1 aliphatic rings. The Hall–Kier alpha value is -2.79. The summed E-state index contributed by atoms with van der Waals surface area (Å²) in [6, 6.07) is 14.8. The van der Waals surface area contributed by atoms with Crippen LogP contribution in [0.25, 0.3) is 0 Å². The lowest BCUT2D eigenvalue weighted by molar-refractivity contribution is -0.138. The molecule has 2 aromatic rings. The Bertz CT molecular complexity index is 902. The van der Waals surface area contributed by atoms with Crippen molar-refractivity contribution in [2.75, 3.05) is 6.61 Å². The molecule has 5 nitrogen and oxygen atoms in total. The van der Waals surface area contributed by atoms with E-state index in [4.69, 9.17) is 21.1 Å². The summed E-state index contributed by atoms with van der Waals surface area (Å²) in [6.07, 6.45) is 0. The van der Waals surface area contributed by atoms with Gasteiger partial charge >= 0.3 is 5.97 Å². The minimum atomic E-state index is -0.398. The third kappa shape index (κ3) is 4.73. The van der Waals surface area contributed by atoms with Crippen LogP contribution in [0.4, 0.5) is 0 Å². The van der Waals surface area contributed by atoms with E-state index in [1.165, 1.54) is 0 Å². The maximum Gasteiger partial charge on any atom is 0.338 e. The van der Waals surface area contributed by atoms with Gasteiger partial charge in [0.15, 0.2) is 0 Å². The molecular formula is C22H23ClN2O3. The summed E-state index contributed by atoms with van der Waals surface area (Å²) in [5.74, 6) is 1.15. The van der Waals surface area contributed by atoms with Crippen LogP contribution in [-0.2, 0) is 16.1 Å². The van der Waals surface area contributed by atoms with Crippen LogP contribution < -0.4 is 10.1 Å². The molecule has 28 heavy (non-hydrogen) atoms. The first-order valence-corrected chi connectivity index (χ1v) is 9.52. The molecule has 1 atom stereocenters. The van der Waals surface area contributed by atoms with Gasteiger partial charge in [-0.15, -0.1) is 0 Å². The highest BCUT2D eigenvalue weighted by molar-refractivity contribution is 6.30. The van der Waals surface area contributed by atoms with Crippen LogP contribution in [0.5, 0.6) is 5.75 Å². The Kier molecular flexibility index (Phi) is 6.37. The largest absolute Gasteiger partial charge is 0.489 e. The third-order valence-electron chi connectivity index (χ3n) is 4.38. The maximum absolute atomic E-state index is 12.4. The first-order chi connectivity index (χ1) is 13.5. The maximum atomic E-state index is 12.4. The molecule has 2 aromatic carbocycles. The molecule has 0 amide bonds. The topological polar surface area (TPSA) is 59.9 Å². The Morgan fingerprint density at radius 3 is 2.43 bits per heavy atom. The first-order valence-electron chi connectivity index (χ1n) is 9.14. The van der Waals surface area contributed by atoms with Gasteiger partial charge in [0.1, 0.15) is 18.4 Å². The van der Waals surface area contributed by atoms with Crippen LogP contribution in [0.2, 0.25) is 5.02 Å². The zero-order valence-electron chi connectivity index (χ0n) is 16.2. The molecule has 1 aliphatic heterocycles. The molecule has 6 heteroatoms. The molecule has 0 aliphatic carbocycles. The van der Waals surface area contributed by atoms with Gasteiger partial charge in [0.2, 0.25) is 0 Å². The van der Waals surface area contributed by atoms with Gasteiger partial charge in [-0.3, -0.25) is 4.99 Å². The summed E-state index contributed by atoms with van der Waals surface area (Å²) in [5, 5.41) is 3.82. The minimum Gasteiger partial charge on any atom is -0.489 e. The van der Waals surface area contributed by atoms with E-state index in [1.54, 1.807) is 6.92 Å². The molecular weight excluding hydrogens is 376 g/mol. The molecule has 0 bridgehead atoms. The van der Waals surface area contributed by atoms with Crippen molar-refractivity contribution in [3.8, 4) is 5.75 Å². The molecule has 0 fully saturated rings. The quantitative estimate of drug-likeness (QED) is 0.709. The number of hydrogen-bond donors (Lipinski definition) is 1. The normalized spacial score (nSPS) is 16.3. The van der Waals surface area contributed by atoms with Crippen LogP contribution in [0.1, 0.15) is 37.9 Å². The molecule has 1 heterocycles. The van der Waals surface area contributed by atoms with Crippen LogP contribution in [0.15, 0.2) is 64.8 Å². The summed E-state index contributed by atoms with van der Waals surface area (Å²) < 4.78 is 11.1. The molecule has 0 radical (unpaired) electrons. The van der Waals surface area contributed by atoms with Gasteiger partial charge in [0.25, 0.3) is 0 Å². The Labute approximate surface area is 170 Å². The highest BCUT2D eigenvalue weighted by Crippen LogP contribution is 2.32. The number of amidine groups is 1. The lowest BCUT2D eigenvalue weighted by atomic mass is 9.96. The highest BCUT2D eigenvalue weighted by atomic mass is 35.5. The Morgan fingerprint density at radius 2 is 1.79 bits per heavy atom. The number of carbonyl (C=O) groups is 1. The van der Waals surface area contributed by atoms with Gasteiger partial charge in [0.05, 0.1) is 18.0 Å². The number of carbonyl (C=O) groups excluding carboxylic acids is 1. The molecule has 0 saturated heterocycles. The zero-order chi connectivity index (χ0) is 20.1. The number of allylic oxidation sites excluding steroid dienone is 1. The fourth-order valence-corrected chi connectivity index (χ4v) is 3.17. The molecule has 1 N–H and O–H groups in total. The van der Waals surface area contributed by atoms with E-state index in [0.717, 1.165) is 28.4 Å². The Morgan fingerprint density at radius 1 is 1.11 bits per heavy atom. The average Bonchev–Trinajstić information content (AvgIpc) is 2.67. The molecule has 1 unspecified atom stereocenters. The van der Waals surface area contributed by atoms with E-state index in [-0.39, 0.29) is 5.97 Å². The monoisotopic (exact) mass is 398 g/mol. The second kappa shape index (κ2) is 8.93. The fourth-order valence-electron chi connectivity index (χ4n) is 3.04. The van der Waals surface area contributed by atoms with E-state index in [2.05, 4.69) is 10.3 Å². The van der Waals surface area contributed by atoms with Crippen molar-refractivity contribution in [3.63, 3.8) is 0 Å². The summed E-state index contributed by atoms with van der Waals surface area (Å²) >= 11 is 5.90. The van der Waals surface area contributed by atoms with Crippen molar-refractivity contribution < 1.29 is 14.3 Å². The lowest BCUT2D eigenvalue weighted by Gasteiger charge is -2.25. The molecule has 3 rings (SSSR count). The standard InChI is InChI=1S/C22H23ClN2O3/c1-4-27-22(26)20-14(2)24-15(3)25-21(20)17-7-11-19(12-8-17)28-13-16-5-9-18(23)10-6-16/h5-12,21H,4,13H2,1-3H3,(H,24,25). The average molecular weight is 399 g/mol. The van der Waals surface area contributed by atoms with Crippen molar-refractivity contribution in [1.82, 2.24) is 5.32 Å². The van der Waals surface area contributed by atoms with Crippen LogP contribution in [0, 0.1) is 0 Å². The van der Waals surface area contributed by atoms with E-state index in [9.17, 15) is 4.79 Å². The zero-order valence-corrected chi connectivity index (χ0v) is 16.9. The Balaban J connectivity index is 1.76. The minimum absolute atomic E-state index is 0.322. The van der Waals surface area contributed by atoms with Crippen molar-refractivity contribution in [2.24, 2.45) is 4.99 Å². The summed E-state index contributed by atoms with van der Waals surface area (Å²) in [6.45, 7) is 6.31. The first kappa shape index (κ1) is 20.0. The summed E-state index contributed by atoms with van der Waals surface area (Å²) in [5.41, 5.74) is 3.23. The molecule has 146 valence electrons. The summed E-state index contributed by atoms with van der Waals surface area (Å²) in [7, 11) is 0. The predicted molar refractivity (Wildman–Crippen MR) is 111 cm³/mol. The molecule has 0 spiro atoms. The number of rotatable bonds is 6. The van der Waals surface area contributed by atoms with Gasteiger partial charge in [0, 0.05) is 10.7 Å². The number of halogens is 1. The van der Waals surface area contributed by atoms with Crippen molar-refractivity contribution in [1.29, 1.82) is 0 Å². The van der Waals surface area contributed by atoms with Crippen LogP contribution >= 0.6 is 11.6 Å².